The molecule has 1 aromatic carbocycles. The van der Waals surface area contributed by atoms with Crippen molar-refractivity contribution in [2.75, 3.05) is 18.5 Å². The minimum atomic E-state index is -1.03. The number of rotatable bonds is 8. The van der Waals surface area contributed by atoms with E-state index in [0.29, 0.717) is 12.1 Å². The van der Waals surface area contributed by atoms with Crippen molar-refractivity contribution >= 4 is 29.5 Å². The standard InChI is InChI=1S/C18H22FN3O5/c1-3-4-9-18(2)16(25)22(17(26)21-18)10-15(24)27-11-14(23)20-13-7-5-12(19)6-8-13/h5-8H,3-4,9-11H2,1-2H3,(H,20,23)(H,21,26)/t18-/m0/s1. The minimum absolute atomic E-state index is 0.346. The summed E-state index contributed by atoms with van der Waals surface area (Å²) in [4.78, 5) is 48.8. The van der Waals surface area contributed by atoms with Crippen molar-refractivity contribution in [3.63, 3.8) is 0 Å². The van der Waals surface area contributed by atoms with E-state index in [-0.39, 0.29) is 0 Å². The molecule has 0 saturated carbocycles. The molecule has 0 unspecified atom stereocenters. The summed E-state index contributed by atoms with van der Waals surface area (Å²) < 4.78 is 17.6. The van der Waals surface area contributed by atoms with Crippen LogP contribution in [0.4, 0.5) is 14.9 Å². The molecule has 27 heavy (non-hydrogen) atoms. The third-order valence-corrected chi connectivity index (χ3v) is 4.15. The van der Waals surface area contributed by atoms with Gasteiger partial charge in [-0.25, -0.2) is 9.18 Å². The Balaban J connectivity index is 1.82. The number of nitrogens with one attached hydrogen (secondary N) is 2. The Kier molecular flexibility index (Phi) is 6.49. The number of anilines is 1. The van der Waals surface area contributed by atoms with Gasteiger partial charge in [0, 0.05) is 5.69 Å². The van der Waals surface area contributed by atoms with Gasteiger partial charge in [0.05, 0.1) is 0 Å². The third-order valence-electron chi connectivity index (χ3n) is 4.15. The van der Waals surface area contributed by atoms with Crippen molar-refractivity contribution in [1.82, 2.24) is 10.2 Å². The molecular formula is C18H22FN3O5. The second kappa shape index (κ2) is 8.61. The van der Waals surface area contributed by atoms with Gasteiger partial charge in [0.2, 0.25) is 0 Å². The number of esters is 1. The van der Waals surface area contributed by atoms with Crippen molar-refractivity contribution in [3.05, 3.63) is 30.1 Å². The number of unbranched alkanes of at least 4 members (excludes halogenated alkanes) is 1. The highest BCUT2D eigenvalue weighted by Crippen LogP contribution is 2.23. The van der Waals surface area contributed by atoms with Crippen LogP contribution in [0, 0.1) is 5.82 Å². The molecule has 0 aromatic heterocycles. The third kappa shape index (κ3) is 5.25. The number of carbonyl (C=O) groups excluding carboxylic acids is 4. The lowest BCUT2D eigenvalue weighted by atomic mass is 9.95. The average Bonchev–Trinajstić information content (AvgIpc) is 2.84. The summed E-state index contributed by atoms with van der Waals surface area (Å²) in [5.74, 6) is -2.44. The summed E-state index contributed by atoms with van der Waals surface area (Å²) in [6.45, 7) is 2.42. The van der Waals surface area contributed by atoms with Crippen LogP contribution in [0.15, 0.2) is 24.3 Å². The fraction of sp³-hybridized carbons (Fsp3) is 0.444. The predicted octanol–water partition coefficient (Wildman–Crippen LogP) is 1.81. The highest BCUT2D eigenvalue weighted by Gasteiger charge is 2.47. The van der Waals surface area contributed by atoms with E-state index in [2.05, 4.69) is 10.6 Å². The van der Waals surface area contributed by atoms with E-state index in [1.54, 1.807) is 6.92 Å². The Morgan fingerprint density at radius 1 is 1.26 bits per heavy atom. The van der Waals surface area contributed by atoms with E-state index in [1.807, 2.05) is 6.92 Å². The predicted molar refractivity (Wildman–Crippen MR) is 94.2 cm³/mol. The monoisotopic (exact) mass is 379 g/mol. The van der Waals surface area contributed by atoms with Gasteiger partial charge in [-0.3, -0.25) is 19.3 Å². The van der Waals surface area contributed by atoms with Crippen LogP contribution in [0.5, 0.6) is 0 Å². The number of imide groups is 1. The molecule has 8 nitrogen and oxygen atoms in total. The number of hydrogen-bond acceptors (Lipinski definition) is 5. The number of benzene rings is 1. The van der Waals surface area contributed by atoms with Crippen LogP contribution in [0.25, 0.3) is 0 Å². The summed E-state index contributed by atoms with van der Waals surface area (Å²) in [6, 6.07) is 4.41. The number of carbonyl (C=O) groups is 4. The van der Waals surface area contributed by atoms with Gasteiger partial charge in [-0.1, -0.05) is 19.8 Å². The first-order valence-electron chi connectivity index (χ1n) is 8.60. The van der Waals surface area contributed by atoms with Gasteiger partial charge in [0.25, 0.3) is 11.8 Å². The maximum Gasteiger partial charge on any atom is 0.326 e. The lowest BCUT2D eigenvalue weighted by molar-refractivity contribution is -0.150. The number of amides is 4. The van der Waals surface area contributed by atoms with Crippen molar-refractivity contribution in [1.29, 1.82) is 0 Å². The van der Waals surface area contributed by atoms with Crippen molar-refractivity contribution in [2.45, 2.75) is 38.6 Å². The average molecular weight is 379 g/mol. The molecule has 1 fully saturated rings. The van der Waals surface area contributed by atoms with Gasteiger partial charge < -0.3 is 15.4 Å². The highest BCUT2D eigenvalue weighted by molar-refractivity contribution is 6.08. The van der Waals surface area contributed by atoms with Gasteiger partial charge in [0.1, 0.15) is 17.9 Å². The van der Waals surface area contributed by atoms with E-state index in [0.717, 1.165) is 17.7 Å². The molecule has 1 saturated heterocycles. The Bertz CT molecular complexity index is 737. The van der Waals surface area contributed by atoms with Crippen LogP contribution < -0.4 is 10.6 Å². The van der Waals surface area contributed by atoms with Gasteiger partial charge in [-0.2, -0.15) is 0 Å². The first kappa shape index (κ1) is 20.3. The molecule has 1 atom stereocenters. The maximum absolute atomic E-state index is 12.8. The lowest BCUT2D eigenvalue weighted by Crippen LogP contribution is -2.44. The molecular weight excluding hydrogens is 357 g/mol. The molecule has 2 N–H and O–H groups in total. The molecule has 1 aliphatic heterocycles. The molecule has 1 heterocycles. The molecule has 2 rings (SSSR count). The molecule has 0 radical (unpaired) electrons. The molecule has 0 aliphatic carbocycles. The summed E-state index contributed by atoms with van der Waals surface area (Å²) >= 11 is 0. The van der Waals surface area contributed by atoms with Crippen LogP contribution in [0.2, 0.25) is 0 Å². The van der Waals surface area contributed by atoms with Gasteiger partial charge in [-0.15, -0.1) is 0 Å². The number of ether oxygens (including phenoxy) is 1. The zero-order valence-electron chi connectivity index (χ0n) is 15.2. The van der Waals surface area contributed by atoms with Crippen LogP contribution in [-0.2, 0) is 19.1 Å². The molecule has 1 aliphatic rings. The van der Waals surface area contributed by atoms with Crippen LogP contribution in [-0.4, -0.2) is 47.4 Å². The largest absolute Gasteiger partial charge is 0.454 e. The molecule has 0 bridgehead atoms. The molecule has 1 aromatic rings. The van der Waals surface area contributed by atoms with Crippen LogP contribution in [0.1, 0.15) is 33.1 Å². The normalized spacial score (nSPS) is 19.0. The number of halogens is 1. The van der Waals surface area contributed by atoms with Gasteiger partial charge in [-0.05, 0) is 37.6 Å². The minimum Gasteiger partial charge on any atom is -0.454 e. The first-order valence-corrected chi connectivity index (χ1v) is 8.60. The second-order valence-corrected chi connectivity index (χ2v) is 6.47. The Morgan fingerprint density at radius 3 is 2.56 bits per heavy atom. The molecule has 146 valence electrons. The van der Waals surface area contributed by atoms with Gasteiger partial charge in [0.15, 0.2) is 6.61 Å². The zero-order chi connectivity index (χ0) is 20.0. The maximum atomic E-state index is 12.8. The zero-order valence-corrected chi connectivity index (χ0v) is 15.2. The Hall–Kier alpha value is -2.97. The van der Waals surface area contributed by atoms with E-state index >= 15 is 0 Å². The topological polar surface area (TPSA) is 105 Å². The first-order chi connectivity index (χ1) is 12.7. The lowest BCUT2D eigenvalue weighted by Gasteiger charge is -2.21. The summed E-state index contributed by atoms with van der Waals surface area (Å²) in [5.41, 5.74) is -0.689. The second-order valence-electron chi connectivity index (χ2n) is 6.47. The SMILES string of the molecule is CCCC[C@]1(C)NC(=O)N(CC(=O)OCC(=O)Nc2ccc(F)cc2)C1=O. The molecule has 0 spiro atoms. The Morgan fingerprint density at radius 2 is 1.93 bits per heavy atom. The Labute approximate surface area is 156 Å². The van der Waals surface area contributed by atoms with E-state index in [1.165, 1.54) is 24.3 Å². The highest BCUT2D eigenvalue weighted by atomic mass is 19.1. The van der Waals surface area contributed by atoms with E-state index in [9.17, 15) is 23.6 Å². The van der Waals surface area contributed by atoms with Gasteiger partial charge >= 0.3 is 12.0 Å². The number of urea groups is 1. The van der Waals surface area contributed by atoms with Crippen molar-refractivity contribution < 1.29 is 28.3 Å². The fourth-order valence-corrected chi connectivity index (χ4v) is 2.64. The van der Waals surface area contributed by atoms with Crippen molar-refractivity contribution in [3.8, 4) is 0 Å². The van der Waals surface area contributed by atoms with E-state index < -0.39 is 48.3 Å². The smallest absolute Gasteiger partial charge is 0.326 e. The quantitative estimate of drug-likeness (QED) is 0.529. The summed E-state index contributed by atoms with van der Waals surface area (Å²) in [7, 11) is 0. The molecule has 9 heteroatoms. The van der Waals surface area contributed by atoms with Crippen molar-refractivity contribution in [2.24, 2.45) is 0 Å². The number of nitrogens with zero attached hydrogens (tertiary/aromatic N) is 1. The van der Waals surface area contributed by atoms with Crippen LogP contribution in [0.3, 0.4) is 0 Å². The fourth-order valence-electron chi connectivity index (χ4n) is 2.64. The molecule has 4 amide bonds. The summed E-state index contributed by atoms with van der Waals surface area (Å²) in [6.07, 6.45) is 2.09. The number of hydrogen-bond donors (Lipinski definition) is 2. The van der Waals surface area contributed by atoms with E-state index in [4.69, 9.17) is 4.74 Å². The van der Waals surface area contributed by atoms with Crippen LogP contribution >= 0.6 is 0 Å². The summed E-state index contributed by atoms with van der Waals surface area (Å²) in [5, 5.41) is 5.02.